The molecule has 1 aromatic heterocycles. The van der Waals surface area contributed by atoms with Crippen molar-refractivity contribution in [3.8, 4) is 0 Å². The van der Waals surface area contributed by atoms with Crippen LogP contribution < -0.4 is 4.90 Å². The van der Waals surface area contributed by atoms with E-state index in [0.29, 0.717) is 24.6 Å². The van der Waals surface area contributed by atoms with Crippen LogP contribution in [0, 0.1) is 0 Å². The smallest absolute Gasteiger partial charge is 0.442 e. The third-order valence-corrected chi connectivity index (χ3v) is 5.62. The van der Waals surface area contributed by atoms with Gasteiger partial charge in [0.2, 0.25) is 0 Å². The number of carbonyl (C=O) groups is 1. The lowest BCUT2D eigenvalue weighted by Crippen LogP contribution is -2.41. The zero-order valence-electron chi connectivity index (χ0n) is 12.9. The minimum absolute atomic E-state index is 0.337. The van der Waals surface area contributed by atoms with Crippen LogP contribution >= 0.6 is 15.9 Å². The van der Waals surface area contributed by atoms with Crippen molar-refractivity contribution in [1.29, 1.82) is 0 Å². The average Bonchev–Trinajstić information content (AvgIpc) is 2.38. The second-order valence-electron chi connectivity index (χ2n) is 6.07. The summed E-state index contributed by atoms with van der Waals surface area (Å²) in [6.45, 7) is 6.39. The molecule has 6 nitrogen and oxygen atoms in total. The van der Waals surface area contributed by atoms with E-state index in [9.17, 15) is 9.00 Å². The van der Waals surface area contributed by atoms with Crippen molar-refractivity contribution >= 4 is 37.6 Å². The van der Waals surface area contributed by atoms with Crippen molar-refractivity contribution in [2.75, 3.05) is 29.5 Å². The second-order valence-corrected chi connectivity index (χ2v) is 9.53. The van der Waals surface area contributed by atoms with Gasteiger partial charge in [-0.25, -0.2) is 14.0 Å². The van der Waals surface area contributed by atoms with Gasteiger partial charge in [-0.1, -0.05) is 0 Å². The predicted octanol–water partition coefficient (Wildman–Crippen LogP) is 3.07. The van der Waals surface area contributed by atoms with Gasteiger partial charge in [0.1, 0.15) is 11.4 Å². The maximum absolute atomic E-state index is 12.6. The highest BCUT2D eigenvalue weighted by molar-refractivity contribution is 9.10. The molecule has 0 bridgehead atoms. The van der Waals surface area contributed by atoms with Gasteiger partial charge in [0.25, 0.3) is 0 Å². The van der Waals surface area contributed by atoms with Crippen LogP contribution in [0.3, 0.4) is 0 Å². The lowest BCUT2D eigenvalue weighted by atomic mass is 10.2. The Labute approximate surface area is 139 Å². The minimum atomic E-state index is -2.54. The summed E-state index contributed by atoms with van der Waals surface area (Å²) in [4.78, 5) is 18.1. The first kappa shape index (κ1) is 17.2. The molecule has 122 valence electrons. The molecule has 2 rings (SSSR count). The summed E-state index contributed by atoms with van der Waals surface area (Å²) in [5.74, 6) is 1.51. The fourth-order valence-electron chi connectivity index (χ4n) is 2.01. The van der Waals surface area contributed by atoms with Crippen LogP contribution in [0.15, 0.2) is 27.2 Å². The summed E-state index contributed by atoms with van der Waals surface area (Å²) < 4.78 is 22.4. The van der Waals surface area contributed by atoms with E-state index in [1.165, 1.54) is 0 Å². The lowest BCUT2D eigenvalue weighted by Gasteiger charge is -2.29. The van der Waals surface area contributed by atoms with E-state index in [1.54, 1.807) is 27.0 Å². The fourth-order valence-corrected chi connectivity index (χ4v) is 3.95. The Kier molecular flexibility index (Phi) is 5.11. The van der Waals surface area contributed by atoms with Crippen molar-refractivity contribution in [2.45, 2.75) is 26.4 Å². The molecule has 0 radical (unpaired) electrons. The van der Waals surface area contributed by atoms with Crippen LogP contribution in [0.5, 0.6) is 0 Å². The molecule has 0 N–H and O–H groups in total. The number of hydrogen-bond donors (Lipinski definition) is 0. The van der Waals surface area contributed by atoms with Crippen LogP contribution in [0.2, 0.25) is 0 Å². The van der Waals surface area contributed by atoms with Crippen LogP contribution in [0.25, 0.3) is 0 Å². The number of hydrogen-bond acceptors (Lipinski definition) is 5. The van der Waals surface area contributed by atoms with Crippen molar-refractivity contribution in [2.24, 2.45) is 4.36 Å². The monoisotopic (exact) mass is 389 g/mol. The third kappa shape index (κ3) is 4.95. The van der Waals surface area contributed by atoms with Gasteiger partial charge in [0.15, 0.2) is 0 Å². The summed E-state index contributed by atoms with van der Waals surface area (Å²) in [6.07, 6.45) is 0.986. The molecule has 2 heterocycles. The second kappa shape index (κ2) is 6.54. The minimum Gasteiger partial charge on any atom is -0.442 e. The van der Waals surface area contributed by atoms with Gasteiger partial charge in [0.05, 0.1) is 21.2 Å². The van der Waals surface area contributed by atoms with Gasteiger partial charge in [-0.05, 0) is 48.8 Å². The standard InChI is InChI=1S/C14H20BrN3O3S/c1-14(2,3)21-13(19)17-22(20)8-6-18(7-9-22)12-5-4-11(15)10-16-12/h4-5,10H,6-9H2,1-3H3. The van der Waals surface area contributed by atoms with Gasteiger partial charge in [0, 0.05) is 23.8 Å². The molecule has 0 saturated carbocycles. The molecule has 0 aromatic carbocycles. The number of anilines is 1. The number of halogens is 1. The Morgan fingerprint density at radius 3 is 2.50 bits per heavy atom. The highest BCUT2D eigenvalue weighted by Gasteiger charge is 2.24. The largest absolute Gasteiger partial charge is 0.442 e. The maximum atomic E-state index is 12.6. The number of nitrogens with zero attached hydrogens (tertiary/aromatic N) is 3. The van der Waals surface area contributed by atoms with Crippen LogP contribution in [0.4, 0.5) is 10.6 Å². The fraction of sp³-hybridized carbons (Fsp3) is 0.571. The first-order chi connectivity index (χ1) is 10.2. The molecule has 1 aromatic rings. The van der Waals surface area contributed by atoms with E-state index >= 15 is 0 Å². The van der Waals surface area contributed by atoms with E-state index < -0.39 is 21.4 Å². The van der Waals surface area contributed by atoms with E-state index in [4.69, 9.17) is 4.74 Å². The molecular formula is C14H20BrN3O3S. The Hall–Kier alpha value is -1.15. The molecule has 0 atom stereocenters. The Balaban J connectivity index is 2.02. The molecule has 1 aliphatic heterocycles. The molecule has 1 aliphatic rings. The van der Waals surface area contributed by atoms with Gasteiger partial charge < -0.3 is 9.64 Å². The summed E-state index contributed by atoms with van der Waals surface area (Å²) in [5.41, 5.74) is -0.627. The number of aromatic nitrogens is 1. The molecule has 0 aliphatic carbocycles. The normalized spacial score (nSPS) is 17.9. The van der Waals surface area contributed by atoms with Crippen LogP contribution in [0.1, 0.15) is 20.8 Å². The summed E-state index contributed by atoms with van der Waals surface area (Å²) in [7, 11) is -2.54. The van der Waals surface area contributed by atoms with Gasteiger partial charge in [-0.15, -0.1) is 4.36 Å². The number of amides is 1. The predicted molar refractivity (Wildman–Crippen MR) is 90.7 cm³/mol. The third-order valence-electron chi connectivity index (χ3n) is 3.03. The number of ether oxygens (including phenoxy) is 1. The maximum Gasteiger partial charge on any atom is 0.442 e. The zero-order chi connectivity index (χ0) is 16.4. The Morgan fingerprint density at radius 2 is 2.00 bits per heavy atom. The molecule has 1 amide bonds. The topological polar surface area (TPSA) is 71.9 Å². The van der Waals surface area contributed by atoms with Crippen molar-refractivity contribution in [3.05, 3.63) is 22.8 Å². The molecule has 1 fully saturated rings. The molecular weight excluding hydrogens is 370 g/mol. The highest BCUT2D eigenvalue weighted by Crippen LogP contribution is 2.18. The van der Waals surface area contributed by atoms with E-state index in [0.717, 1.165) is 10.3 Å². The van der Waals surface area contributed by atoms with Crippen molar-refractivity contribution in [1.82, 2.24) is 4.98 Å². The van der Waals surface area contributed by atoms with Gasteiger partial charge in [-0.2, -0.15) is 0 Å². The number of rotatable bonds is 1. The number of carbonyl (C=O) groups excluding carboxylic acids is 1. The Bertz CT molecular complexity index is 647. The molecule has 8 heteroatoms. The quantitative estimate of drug-likeness (QED) is 0.737. The Morgan fingerprint density at radius 1 is 1.36 bits per heavy atom. The first-order valence-electron chi connectivity index (χ1n) is 6.99. The summed E-state index contributed by atoms with van der Waals surface area (Å²) in [6, 6.07) is 3.82. The average molecular weight is 390 g/mol. The van der Waals surface area contributed by atoms with Gasteiger partial charge in [-0.3, -0.25) is 0 Å². The molecule has 0 unspecified atom stereocenters. The lowest BCUT2D eigenvalue weighted by molar-refractivity contribution is 0.0607. The van der Waals surface area contributed by atoms with Crippen LogP contribution in [-0.4, -0.2) is 45.5 Å². The van der Waals surface area contributed by atoms with Crippen LogP contribution in [-0.2, 0) is 14.5 Å². The van der Waals surface area contributed by atoms with E-state index in [1.807, 2.05) is 17.0 Å². The molecule has 1 saturated heterocycles. The van der Waals surface area contributed by atoms with Crippen molar-refractivity contribution < 1.29 is 13.7 Å². The van der Waals surface area contributed by atoms with E-state index in [2.05, 4.69) is 25.3 Å². The van der Waals surface area contributed by atoms with Crippen molar-refractivity contribution in [3.63, 3.8) is 0 Å². The van der Waals surface area contributed by atoms with Gasteiger partial charge >= 0.3 is 6.09 Å². The molecule has 0 spiro atoms. The number of pyridine rings is 1. The highest BCUT2D eigenvalue weighted by atomic mass is 79.9. The summed E-state index contributed by atoms with van der Waals surface area (Å²) >= 11 is 3.35. The zero-order valence-corrected chi connectivity index (χ0v) is 15.3. The first-order valence-corrected chi connectivity index (χ1v) is 9.63. The van der Waals surface area contributed by atoms with E-state index in [-0.39, 0.29) is 0 Å². The SMILES string of the molecule is CC(C)(C)OC(=O)N=S1(=O)CCN(c2ccc(Br)cn2)CC1. The molecule has 22 heavy (non-hydrogen) atoms. The summed E-state index contributed by atoms with van der Waals surface area (Å²) in [5, 5.41) is 0.